The van der Waals surface area contributed by atoms with E-state index in [0.29, 0.717) is 11.2 Å². The Morgan fingerprint density at radius 3 is 3.08 bits per heavy atom. The van der Waals surface area contributed by atoms with Gasteiger partial charge in [-0.2, -0.15) is 0 Å². The molecule has 5 nitrogen and oxygen atoms in total. The van der Waals surface area contributed by atoms with E-state index in [9.17, 15) is 4.79 Å². The maximum atomic E-state index is 11.3. The molecule has 0 saturated heterocycles. The average Bonchev–Trinajstić information content (AvgIpc) is 2.29. The summed E-state index contributed by atoms with van der Waals surface area (Å²) < 4.78 is 1.72. The Bertz CT molecular complexity index is 486. The lowest BCUT2D eigenvalue weighted by atomic mass is 10.1. The fraction of sp³-hybridized carbons (Fsp3) is 0.167. The van der Waals surface area contributed by atoms with Crippen molar-refractivity contribution >= 4 is 24.7 Å². The number of aromatic amines is 1. The van der Waals surface area contributed by atoms with E-state index in [-0.39, 0.29) is 5.56 Å². The quantitative estimate of drug-likeness (QED) is 0.452. The number of fused-ring (bicyclic) bond motifs is 1. The number of hydrogen-bond donors (Lipinski definition) is 1. The molecule has 1 N–H and O–H groups in total. The highest BCUT2D eigenvalue weighted by atomic mass is 16.1. The smallest absolute Gasteiger partial charge is 0.276 e. The van der Waals surface area contributed by atoms with Crippen LogP contribution in [-0.2, 0) is 7.05 Å². The normalized spacial score (nSPS) is 10.8. The Hall–Kier alpha value is -1.59. The summed E-state index contributed by atoms with van der Waals surface area (Å²) in [5.41, 5.74) is 1.66. The Labute approximate surface area is 68.9 Å². The molecule has 0 amide bonds. The third-order valence-corrected chi connectivity index (χ3v) is 1.90. The topological polar surface area (TPSA) is 63.6 Å². The number of aromatic nitrogens is 4. The number of imidazole rings is 1. The number of rotatable bonds is 0. The van der Waals surface area contributed by atoms with Crippen LogP contribution < -0.4 is 11.3 Å². The molecule has 0 aliphatic rings. The summed E-state index contributed by atoms with van der Waals surface area (Å²) in [6.45, 7) is 0. The summed E-state index contributed by atoms with van der Waals surface area (Å²) in [7, 11) is 3.63. The summed E-state index contributed by atoms with van der Waals surface area (Å²) in [5.74, 6) is 0. The molecular weight excluding hydrogens is 155 g/mol. The van der Waals surface area contributed by atoms with Gasteiger partial charge >= 0.3 is 0 Å². The van der Waals surface area contributed by atoms with E-state index in [0.717, 1.165) is 5.72 Å². The van der Waals surface area contributed by atoms with Crippen molar-refractivity contribution in [3.05, 3.63) is 16.7 Å². The molecule has 2 aromatic heterocycles. The van der Waals surface area contributed by atoms with Gasteiger partial charge < -0.3 is 9.55 Å². The van der Waals surface area contributed by atoms with Gasteiger partial charge in [0.1, 0.15) is 0 Å². The summed E-state index contributed by atoms with van der Waals surface area (Å²) in [6.07, 6.45) is 1.36. The van der Waals surface area contributed by atoms with E-state index in [4.69, 9.17) is 0 Å². The molecule has 2 aromatic rings. The standard InChI is InChI=1S/C6H7BN4O/c1-11-3-4(10-6(11)7)8-2-9-5(3)12/h2H,7H2,1H3,(H,8,9,12). The van der Waals surface area contributed by atoms with E-state index in [1.807, 2.05) is 7.85 Å². The van der Waals surface area contributed by atoms with E-state index in [2.05, 4.69) is 15.0 Å². The molecule has 0 radical (unpaired) electrons. The first kappa shape index (κ1) is 7.09. The molecule has 60 valence electrons. The first-order valence-electron chi connectivity index (χ1n) is 3.57. The van der Waals surface area contributed by atoms with Gasteiger partial charge in [-0.1, -0.05) is 0 Å². The van der Waals surface area contributed by atoms with Crippen molar-refractivity contribution in [3.8, 4) is 0 Å². The number of nitrogens with zero attached hydrogens (tertiary/aromatic N) is 3. The lowest BCUT2D eigenvalue weighted by Crippen LogP contribution is -2.18. The summed E-state index contributed by atoms with van der Waals surface area (Å²) in [4.78, 5) is 21.8. The van der Waals surface area contributed by atoms with Gasteiger partial charge in [-0.15, -0.1) is 0 Å². The van der Waals surface area contributed by atoms with Crippen molar-refractivity contribution in [2.75, 3.05) is 0 Å². The van der Waals surface area contributed by atoms with Gasteiger partial charge in [0.15, 0.2) is 19.0 Å². The highest BCUT2D eigenvalue weighted by molar-refractivity contribution is 6.30. The van der Waals surface area contributed by atoms with Crippen LogP contribution in [0.15, 0.2) is 11.1 Å². The second-order valence-corrected chi connectivity index (χ2v) is 2.62. The minimum Gasteiger partial charge on any atom is -0.334 e. The molecule has 0 aliphatic carbocycles. The first-order chi connectivity index (χ1) is 5.70. The summed E-state index contributed by atoms with van der Waals surface area (Å²) >= 11 is 0. The van der Waals surface area contributed by atoms with E-state index < -0.39 is 0 Å². The molecule has 0 aliphatic heterocycles. The van der Waals surface area contributed by atoms with Gasteiger partial charge in [0.05, 0.1) is 12.1 Å². The highest BCUT2D eigenvalue weighted by Gasteiger charge is 2.06. The third-order valence-electron chi connectivity index (χ3n) is 1.90. The second kappa shape index (κ2) is 2.20. The van der Waals surface area contributed by atoms with E-state index in [1.54, 1.807) is 11.6 Å². The lowest BCUT2D eigenvalue weighted by Gasteiger charge is -1.92. The minimum atomic E-state index is -0.150. The van der Waals surface area contributed by atoms with Crippen LogP contribution in [0.5, 0.6) is 0 Å². The van der Waals surface area contributed by atoms with Crippen molar-refractivity contribution in [3.63, 3.8) is 0 Å². The lowest BCUT2D eigenvalue weighted by molar-refractivity contribution is 0.975. The number of aryl methyl sites for hydroxylation is 1. The van der Waals surface area contributed by atoms with Gasteiger partial charge in [-0.05, 0) is 0 Å². The Morgan fingerprint density at radius 1 is 1.67 bits per heavy atom. The zero-order valence-corrected chi connectivity index (χ0v) is 6.83. The number of H-pyrrole nitrogens is 1. The summed E-state index contributed by atoms with van der Waals surface area (Å²) in [5, 5.41) is 0. The first-order valence-corrected chi connectivity index (χ1v) is 3.57. The Kier molecular flexibility index (Phi) is 1.30. The van der Waals surface area contributed by atoms with Crippen molar-refractivity contribution in [2.45, 2.75) is 0 Å². The molecule has 0 saturated carbocycles. The Morgan fingerprint density at radius 2 is 2.42 bits per heavy atom. The van der Waals surface area contributed by atoms with Crippen LogP contribution in [0.2, 0.25) is 0 Å². The van der Waals surface area contributed by atoms with Crippen LogP contribution in [0.3, 0.4) is 0 Å². The molecular formula is C6H7BN4O. The van der Waals surface area contributed by atoms with Crippen molar-refractivity contribution in [2.24, 2.45) is 7.05 Å². The second-order valence-electron chi connectivity index (χ2n) is 2.62. The van der Waals surface area contributed by atoms with Crippen molar-refractivity contribution in [1.29, 1.82) is 0 Å². The molecule has 0 aromatic carbocycles. The molecule has 2 heterocycles. The van der Waals surface area contributed by atoms with Gasteiger partial charge in [0.2, 0.25) is 0 Å². The zero-order chi connectivity index (χ0) is 8.72. The van der Waals surface area contributed by atoms with Crippen molar-refractivity contribution < 1.29 is 0 Å². The van der Waals surface area contributed by atoms with Gasteiger partial charge in [-0.25, -0.2) is 9.97 Å². The molecule has 0 atom stereocenters. The van der Waals surface area contributed by atoms with E-state index in [1.165, 1.54) is 6.33 Å². The maximum absolute atomic E-state index is 11.3. The monoisotopic (exact) mass is 162 g/mol. The molecule has 2 rings (SSSR count). The highest BCUT2D eigenvalue weighted by Crippen LogP contribution is 1.97. The van der Waals surface area contributed by atoms with Gasteiger partial charge in [0, 0.05) is 7.05 Å². The minimum absolute atomic E-state index is 0.150. The zero-order valence-electron chi connectivity index (χ0n) is 6.83. The number of nitrogens with one attached hydrogen (secondary N) is 1. The third kappa shape index (κ3) is 0.776. The van der Waals surface area contributed by atoms with Gasteiger partial charge in [0.25, 0.3) is 5.56 Å². The predicted molar refractivity (Wildman–Crippen MR) is 47.3 cm³/mol. The molecule has 6 heteroatoms. The fourth-order valence-corrected chi connectivity index (χ4v) is 1.16. The largest absolute Gasteiger partial charge is 0.334 e. The molecule has 0 spiro atoms. The fourth-order valence-electron chi connectivity index (χ4n) is 1.16. The molecule has 0 unspecified atom stereocenters. The number of hydrogen-bond acceptors (Lipinski definition) is 3. The van der Waals surface area contributed by atoms with Crippen LogP contribution in [-0.4, -0.2) is 27.4 Å². The molecule has 12 heavy (non-hydrogen) atoms. The van der Waals surface area contributed by atoms with Crippen LogP contribution in [0.25, 0.3) is 11.2 Å². The van der Waals surface area contributed by atoms with Crippen molar-refractivity contribution in [1.82, 2.24) is 19.5 Å². The predicted octanol–water partition coefficient (Wildman–Crippen LogP) is -2.08. The van der Waals surface area contributed by atoms with Gasteiger partial charge in [-0.3, -0.25) is 4.79 Å². The SMILES string of the molecule is Bc1nc2nc[nH]c(=O)c2n1C. The van der Waals surface area contributed by atoms with E-state index >= 15 is 0 Å². The van der Waals surface area contributed by atoms with Crippen LogP contribution >= 0.6 is 0 Å². The molecule has 0 bridgehead atoms. The molecule has 0 fully saturated rings. The van der Waals surface area contributed by atoms with Crippen LogP contribution in [0.1, 0.15) is 0 Å². The summed E-state index contributed by atoms with van der Waals surface area (Å²) in [6, 6.07) is 0. The van der Waals surface area contributed by atoms with Crippen LogP contribution in [0, 0.1) is 0 Å². The average molecular weight is 162 g/mol. The maximum Gasteiger partial charge on any atom is 0.276 e. The van der Waals surface area contributed by atoms with Crippen LogP contribution in [0.4, 0.5) is 0 Å². The Balaban J connectivity index is 3.07.